The molecule has 1 N–H and O–H groups in total. The number of thioether (sulfide) groups is 1. The van der Waals surface area contributed by atoms with Gasteiger partial charge in [-0.15, -0.1) is 0 Å². The minimum absolute atomic E-state index is 0.175. The van der Waals surface area contributed by atoms with Crippen LogP contribution in [0, 0.1) is 12.8 Å². The monoisotopic (exact) mass is 307 g/mol. The van der Waals surface area contributed by atoms with E-state index in [4.69, 9.17) is 4.74 Å². The first-order valence-electron chi connectivity index (χ1n) is 7.72. The summed E-state index contributed by atoms with van der Waals surface area (Å²) in [6.45, 7) is 4.50. The van der Waals surface area contributed by atoms with E-state index in [1.807, 2.05) is 11.8 Å². The zero-order valence-corrected chi connectivity index (χ0v) is 13.6. The Labute approximate surface area is 131 Å². The van der Waals surface area contributed by atoms with Gasteiger partial charge in [-0.05, 0) is 42.6 Å². The van der Waals surface area contributed by atoms with Crippen LogP contribution in [0.3, 0.4) is 0 Å². The van der Waals surface area contributed by atoms with Crippen LogP contribution in [-0.4, -0.2) is 31.4 Å². The molecule has 1 fully saturated rings. The van der Waals surface area contributed by atoms with Crippen molar-refractivity contribution in [1.82, 2.24) is 5.32 Å². The first-order valence-corrected chi connectivity index (χ1v) is 8.88. The smallest absolute Gasteiger partial charge is 0.220 e. The summed E-state index contributed by atoms with van der Waals surface area (Å²) < 4.78 is 5.28. The predicted octanol–water partition coefficient (Wildman–Crippen LogP) is 3.16. The molecular formula is C17H25NO2S. The third kappa shape index (κ3) is 6.10. The van der Waals surface area contributed by atoms with Gasteiger partial charge in [0.05, 0.1) is 0 Å². The van der Waals surface area contributed by atoms with Crippen LogP contribution < -0.4 is 5.32 Å². The Morgan fingerprint density at radius 3 is 3.05 bits per heavy atom. The molecule has 21 heavy (non-hydrogen) atoms. The van der Waals surface area contributed by atoms with Gasteiger partial charge in [0.2, 0.25) is 5.91 Å². The summed E-state index contributed by atoms with van der Waals surface area (Å²) in [7, 11) is 0. The Kier molecular flexibility index (Phi) is 7.10. The largest absolute Gasteiger partial charge is 0.381 e. The lowest BCUT2D eigenvalue weighted by atomic mass is 10.1. The van der Waals surface area contributed by atoms with Gasteiger partial charge in [0.25, 0.3) is 0 Å². The summed E-state index contributed by atoms with van der Waals surface area (Å²) in [5.41, 5.74) is 2.77. The first-order chi connectivity index (χ1) is 10.3. The van der Waals surface area contributed by atoms with Crippen molar-refractivity contribution in [2.24, 2.45) is 5.92 Å². The van der Waals surface area contributed by atoms with E-state index in [9.17, 15) is 4.79 Å². The molecule has 4 heteroatoms. The zero-order chi connectivity index (χ0) is 14.9. The fourth-order valence-electron chi connectivity index (χ4n) is 2.43. The molecule has 1 aliphatic heterocycles. The van der Waals surface area contributed by atoms with Crippen molar-refractivity contribution in [1.29, 1.82) is 0 Å². The Morgan fingerprint density at radius 2 is 2.29 bits per heavy atom. The van der Waals surface area contributed by atoms with E-state index in [-0.39, 0.29) is 5.91 Å². The molecule has 1 amide bonds. The maximum absolute atomic E-state index is 11.7. The molecule has 3 nitrogen and oxygen atoms in total. The van der Waals surface area contributed by atoms with Gasteiger partial charge < -0.3 is 10.1 Å². The molecule has 0 bridgehead atoms. The summed E-state index contributed by atoms with van der Waals surface area (Å²) in [5, 5.41) is 3.01. The Hall–Kier alpha value is -1.00. The van der Waals surface area contributed by atoms with Crippen LogP contribution in [0.2, 0.25) is 0 Å². The summed E-state index contributed by atoms with van der Waals surface area (Å²) in [6, 6.07) is 8.51. The van der Waals surface area contributed by atoms with E-state index >= 15 is 0 Å². The average molecular weight is 307 g/mol. The number of hydrogen-bond donors (Lipinski definition) is 1. The highest BCUT2D eigenvalue weighted by Gasteiger charge is 2.18. The number of aryl methyl sites for hydroxylation is 1. The minimum Gasteiger partial charge on any atom is -0.381 e. The van der Waals surface area contributed by atoms with E-state index < -0.39 is 0 Å². The average Bonchev–Trinajstić information content (AvgIpc) is 2.97. The number of benzene rings is 1. The lowest BCUT2D eigenvalue weighted by molar-refractivity contribution is -0.122. The van der Waals surface area contributed by atoms with E-state index in [2.05, 4.69) is 36.5 Å². The third-order valence-electron chi connectivity index (χ3n) is 3.80. The highest BCUT2D eigenvalue weighted by molar-refractivity contribution is 7.98. The number of amides is 1. The third-order valence-corrected chi connectivity index (χ3v) is 4.90. The second-order valence-electron chi connectivity index (χ2n) is 5.62. The molecule has 0 spiro atoms. The fraction of sp³-hybridized carbons (Fsp3) is 0.588. The highest BCUT2D eigenvalue weighted by atomic mass is 32.2. The van der Waals surface area contributed by atoms with Crippen LogP contribution in [-0.2, 0) is 15.3 Å². The molecule has 0 aliphatic carbocycles. The lowest BCUT2D eigenvalue weighted by Crippen LogP contribution is -2.27. The number of nitrogens with one attached hydrogen (secondary N) is 1. The second kappa shape index (κ2) is 9.11. The Morgan fingerprint density at radius 1 is 1.43 bits per heavy atom. The van der Waals surface area contributed by atoms with Gasteiger partial charge in [-0.1, -0.05) is 24.3 Å². The fourth-order valence-corrected chi connectivity index (χ4v) is 3.47. The van der Waals surface area contributed by atoms with E-state index in [0.29, 0.717) is 12.3 Å². The molecule has 0 aromatic heterocycles. The highest BCUT2D eigenvalue weighted by Crippen LogP contribution is 2.17. The zero-order valence-electron chi connectivity index (χ0n) is 12.8. The van der Waals surface area contributed by atoms with Crippen LogP contribution in [0.1, 0.15) is 30.4 Å². The standard InChI is InChI=1S/C17H25NO2S/c1-14-5-2-3-6-16(14)13-21-10-4-8-18-17(19)11-15-7-9-20-12-15/h2-3,5-6,15H,4,7-13H2,1H3,(H,18,19). The second-order valence-corrected chi connectivity index (χ2v) is 6.72. The van der Waals surface area contributed by atoms with Crippen LogP contribution in [0.4, 0.5) is 0 Å². The maximum atomic E-state index is 11.7. The summed E-state index contributed by atoms with van der Waals surface area (Å²) in [6.07, 6.45) is 2.68. The summed E-state index contributed by atoms with van der Waals surface area (Å²) in [4.78, 5) is 11.7. The number of carbonyl (C=O) groups is 1. The van der Waals surface area contributed by atoms with E-state index in [0.717, 1.165) is 44.1 Å². The van der Waals surface area contributed by atoms with Gasteiger partial charge in [-0.3, -0.25) is 4.79 Å². The number of carbonyl (C=O) groups excluding carboxylic acids is 1. The van der Waals surface area contributed by atoms with Crippen molar-refractivity contribution in [2.75, 3.05) is 25.5 Å². The maximum Gasteiger partial charge on any atom is 0.220 e. The van der Waals surface area contributed by atoms with Crippen molar-refractivity contribution in [2.45, 2.75) is 31.9 Å². The molecule has 1 saturated heterocycles. The molecule has 1 aromatic carbocycles. The van der Waals surface area contributed by atoms with E-state index in [1.54, 1.807) is 0 Å². The quantitative estimate of drug-likeness (QED) is 0.750. The van der Waals surface area contributed by atoms with Crippen LogP contribution >= 0.6 is 11.8 Å². The van der Waals surface area contributed by atoms with Gasteiger partial charge in [-0.2, -0.15) is 11.8 Å². The molecule has 0 radical (unpaired) electrons. The predicted molar refractivity (Wildman–Crippen MR) is 88.5 cm³/mol. The normalized spacial score (nSPS) is 17.9. The summed E-state index contributed by atoms with van der Waals surface area (Å²) >= 11 is 1.93. The molecule has 1 atom stereocenters. The van der Waals surface area contributed by atoms with Crippen LogP contribution in [0.25, 0.3) is 0 Å². The first kappa shape index (κ1) is 16.4. The molecule has 2 rings (SSSR count). The Balaban J connectivity index is 1.50. The molecule has 0 saturated carbocycles. The molecule has 116 valence electrons. The van der Waals surface area contributed by atoms with Crippen LogP contribution in [0.5, 0.6) is 0 Å². The minimum atomic E-state index is 0.175. The van der Waals surface area contributed by atoms with Crippen molar-refractivity contribution < 1.29 is 9.53 Å². The molecule has 1 unspecified atom stereocenters. The van der Waals surface area contributed by atoms with Crippen molar-refractivity contribution in [3.63, 3.8) is 0 Å². The summed E-state index contributed by atoms with van der Waals surface area (Å²) in [5.74, 6) is 2.75. The van der Waals surface area contributed by atoms with Crippen molar-refractivity contribution in [3.05, 3.63) is 35.4 Å². The molecule has 1 aromatic rings. The molecule has 1 heterocycles. The lowest BCUT2D eigenvalue weighted by Gasteiger charge is -2.09. The number of ether oxygens (including phenoxy) is 1. The topological polar surface area (TPSA) is 38.3 Å². The Bertz CT molecular complexity index is 444. The number of rotatable bonds is 8. The van der Waals surface area contributed by atoms with E-state index in [1.165, 1.54) is 11.1 Å². The van der Waals surface area contributed by atoms with Crippen molar-refractivity contribution >= 4 is 17.7 Å². The SMILES string of the molecule is Cc1ccccc1CSCCCNC(=O)CC1CCOC1. The van der Waals surface area contributed by atoms with Gasteiger partial charge >= 0.3 is 0 Å². The van der Waals surface area contributed by atoms with Gasteiger partial charge in [0.1, 0.15) is 0 Å². The van der Waals surface area contributed by atoms with Crippen molar-refractivity contribution in [3.8, 4) is 0 Å². The van der Waals surface area contributed by atoms with Crippen LogP contribution in [0.15, 0.2) is 24.3 Å². The van der Waals surface area contributed by atoms with Gasteiger partial charge in [-0.25, -0.2) is 0 Å². The van der Waals surface area contributed by atoms with Gasteiger partial charge in [0, 0.05) is 31.9 Å². The van der Waals surface area contributed by atoms with Gasteiger partial charge in [0.15, 0.2) is 0 Å². The molecular weight excluding hydrogens is 282 g/mol. The number of hydrogen-bond acceptors (Lipinski definition) is 3. The molecule has 1 aliphatic rings.